The summed E-state index contributed by atoms with van der Waals surface area (Å²) in [6.45, 7) is 4.61. The van der Waals surface area contributed by atoms with Crippen molar-refractivity contribution in [2.24, 2.45) is 0 Å². The number of nitrogens with zero attached hydrogens (tertiary/aromatic N) is 1. The fourth-order valence-corrected chi connectivity index (χ4v) is 2.44. The molecule has 0 spiro atoms. The molecule has 0 aliphatic carbocycles. The van der Waals surface area contributed by atoms with Gasteiger partial charge in [-0.05, 0) is 24.9 Å². The van der Waals surface area contributed by atoms with Crippen molar-refractivity contribution in [2.75, 3.05) is 19.6 Å². The molecule has 19 heavy (non-hydrogen) atoms. The van der Waals surface area contributed by atoms with Crippen molar-refractivity contribution in [1.29, 1.82) is 0 Å². The third-order valence-corrected chi connectivity index (χ3v) is 3.25. The van der Waals surface area contributed by atoms with Crippen molar-refractivity contribution < 1.29 is 14.6 Å². The van der Waals surface area contributed by atoms with E-state index in [1.54, 1.807) is 0 Å². The van der Waals surface area contributed by atoms with Gasteiger partial charge >= 0.3 is 6.16 Å². The van der Waals surface area contributed by atoms with Crippen LogP contribution in [0.4, 0.5) is 4.79 Å². The van der Waals surface area contributed by atoms with E-state index in [1.165, 1.54) is 0 Å². The van der Waals surface area contributed by atoms with Gasteiger partial charge in [0, 0.05) is 12.1 Å². The van der Waals surface area contributed by atoms with Crippen molar-refractivity contribution in [3.05, 3.63) is 41.7 Å². The quantitative estimate of drug-likeness (QED) is 0.845. The zero-order chi connectivity index (χ0) is 13.7. The minimum atomic E-state index is -1.23. The summed E-state index contributed by atoms with van der Waals surface area (Å²) in [6.07, 6.45) is 0.648. The van der Waals surface area contributed by atoms with Gasteiger partial charge in [0.1, 0.15) is 5.76 Å². The molecule has 0 amide bonds. The second-order valence-electron chi connectivity index (χ2n) is 4.66. The molecule has 2 rings (SSSR count). The number of benzene rings is 1. The van der Waals surface area contributed by atoms with Gasteiger partial charge in [-0.1, -0.05) is 37.3 Å². The topological polar surface area (TPSA) is 49.8 Å². The zero-order valence-corrected chi connectivity index (χ0v) is 11.1. The minimum absolute atomic E-state index is 0.568. The predicted molar refractivity (Wildman–Crippen MR) is 73.8 cm³/mol. The van der Waals surface area contributed by atoms with Gasteiger partial charge in [0.2, 0.25) is 0 Å². The van der Waals surface area contributed by atoms with E-state index in [0.29, 0.717) is 12.3 Å². The van der Waals surface area contributed by atoms with E-state index < -0.39 is 6.16 Å². The number of hydrogen-bond acceptors (Lipinski definition) is 3. The molecule has 1 heterocycles. The fourth-order valence-electron chi connectivity index (χ4n) is 2.44. The van der Waals surface area contributed by atoms with E-state index in [0.717, 1.165) is 37.1 Å². The lowest BCUT2D eigenvalue weighted by atomic mass is 9.98. The number of carbonyl (C=O) groups is 1. The number of carboxylic acid groups (broad SMARTS) is 1. The predicted octanol–water partition coefficient (Wildman–Crippen LogP) is 3.21. The summed E-state index contributed by atoms with van der Waals surface area (Å²) in [5, 5.41) is 8.87. The third kappa shape index (κ3) is 3.58. The van der Waals surface area contributed by atoms with E-state index in [2.05, 4.69) is 11.8 Å². The van der Waals surface area contributed by atoms with E-state index in [4.69, 9.17) is 9.84 Å². The average Bonchev–Trinajstić information content (AvgIpc) is 2.40. The van der Waals surface area contributed by atoms with Gasteiger partial charge in [-0.3, -0.25) is 4.90 Å². The Morgan fingerprint density at radius 3 is 2.74 bits per heavy atom. The highest BCUT2D eigenvalue weighted by Gasteiger charge is 2.22. The maximum atomic E-state index is 10.8. The summed E-state index contributed by atoms with van der Waals surface area (Å²) in [5.41, 5.74) is 2.06. The molecule has 0 saturated heterocycles. The first-order valence-electron chi connectivity index (χ1n) is 6.61. The molecule has 1 aromatic rings. The van der Waals surface area contributed by atoms with Crippen LogP contribution in [0.5, 0.6) is 0 Å². The summed E-state index contributed by atoms with van der Waals surface area (Å²) >= 11 is 0. The van der Waals surface area contributed by atoms with Crippen molar-refractivity contribution in [3.8, 4) is 0 Å². The third-order valence-electron chi connectivity index (χ3n) is 3.25. The molecule has 0 radical (unpaired) electrons. The largest absolute Gasteiger partial charge is 0.511 e. The molecular formula is C15H19NO3. The van der Waals surface area contributed by atoms with Crippen LogP contribution in [0.25, 0.3) is 5.57 Å². The minimum Gasteiger partial charge on any atom is -0.449 e. The molecule has 0 atom stereocenters. The Kier molecular flexibility index (Phi) is 4.58. The van der Waals surface area contributed by atoms with Crippen LogP contribution < -0.4 is 0 Å². The second-order valence-corrected chi connectivity index (χ2v) is 4.66. The summed E-state index contributed by atoms with van der Waals surface area (Å²) in [5.74, 6) is 0.568. The Labute approximate surface area is 113 Å². The van der Waals surface area contributed by atoms with E-state index >= 15 is 0 Å². The molecule has 0 saturated carbocycles. The highest BCUT2D eigenvalue weighted by molar-refractivity contribution is 5.71. The monoisotopic (exact) mass is 261 g/mol. The molecule has 1 aromatic carbocycles. The normalized spacial score (nSPS) is 16.5. The van der Waals surface area contributed by atoms with Crippen molar-refractivity contribution in [2.45, 2.75) is 19.8 Å². The molecule has 102 valence electrons. The number of rotatable bonds is 4. The lowest BCUT2D eigenvalue weighted by molar-refractivity contribution is 0.108. The maximum absolute atomic E-state index is 10.8. The van der Waals surface area contributed by atoms with E-state index in [1.807, 2.05) is 30.3 Å². The molecule has 0 unspecified atom stereocenters. The van der Waals surface area contributed by atoms with Gasteiger partial charge in [-0.15, -0.1) is 0 Å². The lowest BCUT2D eigenvalue weighted by Gasteiger charge is -2.29. The van der Waals surface area contributed by atoms with Crippen molar-refractivity contribution in [1.82, 2.24) is 4.90 Å². The second kappa shape index (κ2) is 6.38. The summed E-state index contributed by atoms with van der Waals surface area (Å²) in [7, 11) is 0. The van der Waals surface area contributed by atoms with Crippen molar-refractivity contribution >= 4 is 11.7 Å². The maximum Gasteiger partial charge on any atom is 0.511 e. The smallest absolute Gasteiger partial charge is 0.449 e. The Hall–Kier alpha value is -1.81. The van der Waals surface area contributed by atoms with Gasteiger partial charge < -0.3 is 9.84 Å². The van der Waals surface area contributed by atoms with Crippen LogP contribution in [0.1, 0.15) is 25.3 Å². The number of ether oxygens (including phenoxy) is 1. The lowest BCUT2D eigenvalue weighted by Crippen LogP contribution is -2.33. The van der Waals surface area contributed by atoms with Crippen LogP contribution >= 0.6 is 0 Å². The first kappa shape index (κ1) is 13.6. The van der Waals surface area contributed by atoms with Gasteiger partial charge in [-0.2, -0.15) is 0 Å². The molecule has 4 heteroatoms. The van der Waals surface area contributed by atoms with Crippen LogP contribution in [-0.4, -0.2) is 35.8 Å². The Balaban J connectivity index is 2.27. The van der Waals surface area contributed by atoms with Gasteiger partial charge in [0.05, 0.1) is 6.54 Å². The fraction of sp³-hybridized carbons (Fsp3) is 0.400. The van der Waals surface area contributed by atoms with Crippen LogP contribution in [0, 0.1) is 0 Å². The summed E-state index contributed by atoms with van der Waals surface area (Å²) in [4.78, 5) is 13.1. The first-order chi connectivity index (χ1) is 9.20. The molecule has 0 fully saturated rings. The zero-order valence-electron chi connectivity index (χ0n) is 11.1. The standard InChI is InChI=1S/C15H19NO3/c1-2-9-16-10-8-13(12-6-4-3-5-7-12)14(11-16)19-15(17)18/h3-7H,2,8-11H2,1H3,(H,17,18). The summed E-state index contributed by atoms with van der Waals surface area (Å²) in [6, 6.07) is 9.86. The molecule has 1 N–H and O–H groups in total. The Morgan fingerprint density at radius 1 is 1.37 bits per heavy atom. The Morgan fingerprint density at radius 2 is 2.11 bits per heavy atom. The van der Waals surface area contributed by atoms with Crippen molar-refractivity contribution in [3.63, 3.8) is 0 Å². The van der Waals surface area contributed by atoms with Gasteiger partial charge in [0.15, 0.2) is 0 Å². The highest BCUT2D eigenvalue weighted by atomic mass is 16.7. The van der Waals surface area contributed by atoms with Crippen LogP contribution in [0.2, 0.25) is 0 Å². The average molecular weight is 261 g/mol. The molecule has 1 aliphatic heterocycles. The summed E-state index contributed by atoms with van der Waals surface area (Å²) < 4.78 is 4.99. The van der Waals surface area contributed by atoms with E-state index in [9.17, 15) is 4.79 Å². The van der Waals surface area contributed by atoms with Crippen LogP contribution in [-0.2, 0) is 4.74 Å². The molecule has 1 aliphatic rings. The highest BCUT2D eigenvalue weighted by Crippen LogP contribution is 2.28. The number of hydrogen-bond donors (Lipinski definition) is 1. The SMILES string of the molecule is CCCN1CCC(c2ccccc2)=C(OC(=O)O)C1. The van der Waals surface area contributed by atoms with Crippen LogP contribution in [0.15, 0.2) is 36.1 Å². The molecular weight excluding hydrogens is 242 g/mol. The first-order valence-corrected chi connectivity index (χ1v) is 6.61. The van der Waals surface area contributed by atoms with Crippen LogP contribution in [0.3, 0.4) is 0 Å². The molecule has 0 bridgehead atoms. The molecule has 0 aromatic heterocycles. The Bertz CT molecular complexity index is 468. The van der Waals surface area contributed by atoms with E-state index in [-0.39, 0.29) is 0 Å². The van der Waals surface area contributed by atoms with Gasteiger partial charge in [0.25, 0.3) is 0 Å². The molecule has 4 nitrogen and oxygen atoms in total. The van der Waals surface area contributed by atoms with Gasteiger partial charge in [-0.25, -0.2) is 4.79 Å².